The van der Waals surface area contributed by atoms with E-state index in [0.717, 1.165) is 6.54 Å². The van der Waals surface area contributed by atoms with Gasteiger partial charge in [0.1, 0.15) is 5.82 Å². The molecule has 0 radical (unpaired) electrons. The lowest BCUT2D eigenvalue weighted by Gasteiger charge is -2.26. The van der Waals surface area contributed by atoms with Gasteiger partial charge in [0.05, 0.1) is 0 Å². The number of rotatable bonds is 4. The molecule has 3 nitrogen and oxygen atoms in total. The second-order valence-corrected chi connectivity index (χ2v) is 5.26. The molecule has 0 bridgehead atoms. The van der Waals surface area contributed by atoms with Crippen molar-refractivity contribution in [3.8, 4) is 0 Å². The van der Waals surface area contributed by atoms with Crippen LogP contribution in [-0.4, -0.2) is 23.0 Å². The van der Waals surface area contributed by atoms with Crippen LogP contribution in [0.1, 0.15) is 38.7 Å². The SMILES string of the molecule is CCC1(CC)CCN(Cc2ccnc(N)c2)C1. The highest BCUT2D eigenvalue weighted by Crippen LogP contribution is 2.37. The summed E-state index contributed by atoms with van der Waals surface area (Å²) >= 11 is 0. The number of nitrogens with two attached hydrogens (primary N) is 1. The molecule has 1 aromatic heterocycles. The van der Waals surface area contributed by atoms with E-state index >= 15 is 0 Å². The number of likely N-dealkylation sites (tertiary alicyclic amines) is 1. The predicted octanol–water partition coefficient (Wildman–Crippen LogP) is 2.68. The summed E-state index contributed by atoms with van der Waals surface area (Å²) in [5.74, 6) is 0.624. The van der Waals surface area contributed by atoms with Gasteiger partial charge >= 0.3 is 0 Å². The van der Waals surface area contributed by atoms with Crippen molar-refractivity contribution < 1.29 is 0 Å². The molecule has 2 N–H and O–H groups in total. The molecular formula is C14H23N3. The molecule has 94 valence electrons. The van der Waals surface area contributed by atoms with Gasteiger partial charge in [0.25, 0.3) is 0 Å². The number of hydrogen-bond donors (Lipinski definition) is 1. The molecule has 1 aliphatic rings. The third-order valence-corrected chi connectivity index (χ3v) is 4.27. The maximum Gasteiger partial charge on any atom is 0.123 e. The molecule has 2 rings (SSSR count). The highest BCUT2D eigenvalue weighted by Gasteiger charge is 2.34. The van der Waals surface area contributed by atoms with Crippen molar-refractivity contribution in [3.05, 3.63) is 23.9 Å². The molecule has 1 saturated heterocycles. The maximum absolute atomic E-state index is 5.71. The molecule has 2 heterocycles. The van der Waals surface area contributed by atoms with Gasteiger partial charge < -0.3 is 5.73 Å². The molecule has 3 heteroatoms. The Morgan fingerprint density at radius 3 is 2.76 bits per heavy atom. The van der Waals surface area contributed by atoms with Crippen molar-refractivity contribution in [2.75, 3.05) is 18.8 Å². The van der Waals surface area contributed by atoms with Crippen LogP contribution < -0.4 is 5.73 Å². The van der Waals surface area contributed by atoms with E-state index in [1.807, 2.05) is 6.07 Å². The molecular weight excluding hydrogens is 210 g/mol. The molecule has 17 heavy (non-hydrogen) atoms. The van der Waals surface area contributed by atoms with Gasteiger partial charge in [-0.3, -0.25) is 4.90 Å². The van der Waals surface area contributed by atoms with Crippen molar-refractivity contribution in [2.24, 2.45) is 5.41 Å². The van der Waals surface area contributed by atoms with E-state index in [1.54, 1.807) is 6.20 Å². The molecule has 1 fully saturated rings. The summed E-state index contributed by atoms with van der Waals surface area (Å²) in [6.07, 6.45) is 5.71. The fraction of sp³-hybridized carbons (Fsp3) is 0.643. The lowest BCUT2D eigenvalue weighted by molar-refractivity contribution is 0.236. The zero-order valence-electron chi connectivity index (χ0n) is 10.9. The van der Waals surface area contributed by atoms with Crippen LogP contribution in [0, 0.1) is 5.41 Å². The highest BCUT2D eigenvalue weighted by molar-refractivity contribution is 5.31. The van der Waals surface area contributed by atoms with E-state index in [-0.39, 0.29) is 0 Å². The zero-order chi connectivity index (χ0) is 12.3. The van der Waals surface area contributed by atoms with Gasteiger partial charge in [-0.25, -0.2) is 4.98 Å². The van der Waals surface area contributed by atoms with Crippen molar-refractivity contribution in [1.29, 1.82) is 0 Å². The van der Waals surface area contributed by atoms with Gasteiger partial charge in [0.2, 0.25) is 0 Å². The number of anilines is 1. The minimum Gasteiger partial charge on any atom is -0.384 e. The first kappa shape index (κ1) is 12.4. The first-order valence-electron chi connectivity index (χ1n) is 6.60. The van der Waals surface area contributed by atoms with E-state index in [2.05, 4.69) is 29.8 Å². The second-order valence-electron chi connectivity index (χ2n) is 5.26. The predicted molar refractivity (Wildman–Crippen MR) is 71.6 cm³/mol. The van der Waals surface area contributed by atoms with Crippen molar-refractivity contribution in [2.45, 2.75) is 39.7 Å². The smallest absolute Gasteiger partial charge is 0.123 e. The fourth-order valence-corrected chi connectivity index (χ4v) is 2.84. The molecule has 0 atom stereocenters. The number of aromatic nitrogens is 1. The summed E-state index contributed by atoms with van der Waals surface area (Å²) in [7, 11) is 0. The quantitative estimate of drug-likeness (QED) is 0.869. The van der Waals surface area contributed by atoms with E-state index < -0.39 is 0 Å². The van der Waals surface area contributed by atoms with Gasteiger partial charge in [-0.05, 0) is 48.9 Å². The van der Waals surface area contributed by atoms with Crippen LogP contribution in [0.4, 0.5) is 5.82 Å². The van der Waals surface area contributed by atoms with E-state index in [4.69, 9.17) is 5.73 Å². The normalized spacial score (nSPS) is 19.6. The first-order chi connectivity index (χ1) is 8.17. The standard InChI is InChI=1S/C14H23N3/c1-3-14(4-2)6-8-17(11-14)10-12-5-7-16-13(15)9-12/h5,7,9H,3-4,6,8,10-11H2,1-2H3,(H2,15,16). The van der Waals surface area contributed by atoms with Crippen molar-refractivity contribution >= 4 is 5.82 Å². The molecule has 1 aromatic rings. The highest BCUT2D eigenvalue weighted by atomic mass is 15.2. The Bertz CT molecular complexity index is 371. The summed E-state index contributed by atoms with van der Waals surface area (Å²) < 4.78 is 0. The lowest BCUT2D eigenvalue weighted by atomic mass is 9.82. The monoisotopic (exact) mass is 233 g/mol. The molecule has 1 aliphatic heterocycles. The van der Waals surface area contributed by atoms with Gasteiger partial charge in [0, 0.05) is 19.3 Å². The van der Waals surface area contributed by atoms with E-state index in [1.165, 1.54) is 37.9 Å². The average Bonchev–Trinajstić information content (AvgIpc) is 2.73. The minimum absolute atomic E-state index is 0.554. The van der Waals surface area contributed by atoms with Crippen molar-refractivity contribution in [1.82, 2.24) is 9.88 Å². The van der Waals surface area contributed by atoms with Crippen LogP contribution >= 0.6 is 0 Å². The Morgan fingerprint density at radius 2 is 2.18 bits per heavy atom. The van der Waals surface area contributed by atoms with E-state index in [9.17, 15) is 0 Å². The number of hydrogen-bond acceptors (Lipinski definition) is 3. The Balaban J connectivity index is 1.98. The molecule has 0 amide bonds. The summed E-state index contributed by atoms with van der Waals surface area (Å²) in [5, 5.41) is 0. The fourth-order valence-electron chi connectivity index (χ4n) is 2.84. The van der Waals surface area contributed by atoms with Gasteiger partial charge in [-0.1, -0.05) is 13.8 Å². The Labute approximate surface area is 104 Å². The number of nitrogens with zero attached hydrogens (tertiary/aromatic N) is 2. The summed E-state index contributed by atoms with van der Waals surface area (Å²) in [6, 6.07) is 4.05. The summed E-state index contributed by atoms with van der Waals surface area (Å²) in [6.45, 7) is 8.08. The van der Waals surface area contributed by atoms with Crippen LogP contribution in [0.5, 0.6) is 0 Å². The van der Waals surface area contributed by atoms with Gasteiger partial charge in [-0.15, -0.1) is 0 Å². The first-order valence-corrected chi connectivity index (χ1v) is 6.60. The summed E-state index contributed by atoms with van der Waals surface area (Å²) in [4.78, 5) is 6.58. The molecule has 0 aliphatic carbocycles. The maximum atomic E-state index is 5.71. The number of nitrogen functional groups attached to an aromatic ring is 1. The van der Waals surface area contributed by atoms with Crippen LogP contribution in [0.15, 0.2) is 18.3 Å². The zero-order valence-corrected chi connectivity index (χ0v) is 10.9. The van der Waals surface area contributed by atoms with E-state index in [0.29, 0.717) is 11.2 Å². The molecule has 0 saturated carbocycles. The molecule has 0 aromatic carbocycles. The Morgan fingerprint density at radius 1 is 1.41 bits per heavy atom. The molecule has 0 spiro atoms. The number of pyridine rings is 1. The second kappa shape index (κ2) is 5.05. The Hall–Kier alpha value is -1.09. The van der Waals surface area contributed by atoms with Crippen LogP contribution in [-0.2, 0) is 6.54 Å². The minimum atomic E-state index is 0.554. The summed E-state index contributed by atoms with van der Waals surface area (Å²) in [5.41, 5.74) is 7.54. The van der Waals surface area contributed by atoms with Crippen LogP contribution in [0.3, 0.4) is 0 Å². The molecule has 0 unspecified atom stereocenters. The largest absolute Gasteiger partial charge is 0.384 e. The lowest BCUT2D eigenvalue weighted by Crippen LogP contribution is -2.26. The van der Waals surface area contributed by atoms with Gasteiger partial charge in [0.15, 0.2) is 0 Å². The van der Waals surface area contributed by atoms with Gasteiger partial charge in [-0.2, -0.15) is 0 Å². The van der Waals surface area contributed by atoms with Crippen molar-refractivity contribution in [3.63, 3.8) is 0 Å². The van der Waals surface area contributed by atoms with Crippen LogP contribution in [0.2, 0.25) is 0 Å². The Kier molecular flexibility index (Phi) is 3.67. The third-order valence-electron chi connectivity index (χ3n) is 4.27. The van der Waals surface area contributed by atoms with Crippen LogP contribution in [0.25, 0.3) is 0 Å². The average molecular weight is 233 g/mol. The topological polar surface area (TPSA) is 42.2 Å². The third kappa shape index (κ3) is 2.78.